The molecule has 29 heavy (non-hydrogen) atoms. The Balaban J connectivity index is 0.000000437. The van der Waals surface area contributed by atoms with Gasteiger partial charge in [-0.1, -0.05) is 64.7 Å². The summed E-state index contributed by atoms with van der Waals surface area (Å²) in [5, 5.41) is 18.7. The van der Waals surface area contributed by atoms with Gasteiger partial charge in [-0.15, -0.1) is 24.3 Å². The summed E-state index contributed by atoms with van der Waals surface area (Å²) in [6, 6.07) is 28.8. The van der Waals surface area contributed by atoms with Crippen molar-refractivity contribution in [2.75, 3.05) is 0 Å². The van der Waals surface area contributed by atoms with Gasteiger partial charge in [-0.05, 0) is 0 Å². The molecule has 0 bridgehead atoms. The Morgan fingerprint density at radius 1 is 0.724 bits per heavy atom. The van der Waals surface area contributed by atoms with Gasteiger partial charge >= 0.3 is 29.0 Å². The largest absolute Gasteiger partial charge is 2.00 e. The molecule has 4 aromatic carbocycles. The van der Waals surface area contributed by atoms with Crippen molar-refractivity contribution in [1.29, 1.82) is 0 Å². The van der Waals surface area contributed by atoms with Crippen molar-refractivity contribution < 1.29 is 36.9 Å². The molecule has 0 saturated carbocycles. The van der Waals surface area contributed by atoms with Crippen molar-refractivity contribution in [2.24, 2.45) is 0 Å². The van der Waals surface area contributed by atoms with E-state index in [0.29, 0.717) is 22.3 Å². The van der Waals surface area contributed by atoms with Crippen LogP contribution < -0.4 is 0 Å². The summed E-state index contributed by atoms with van der Waals surface area (Å²) in [5.74, 6) is -2.03. The van der Waals surface area contributed by atoms with Gasteiger partial charge in [0.15, 0.2) is 0 Å². The number of aromatic carboxylic acids is 2. The summed E-state index contributed by atoms with van der Waals surface area (Å²) in [7, 11) is 0. The van der Waals surface area contributed by atoms with E-state index in [-0.39, 0.29) is 28.2 Å². The third kappa shape index (κ3) is 5.11. The van der Waals surface area contributed by atoms with Crippen LogP contribution >= 0.6 is 0 Å². The molecule has 2 N–H and O–H groups in total. The Hall–Kier alpha value is -3.40. The molecule has 4 nitrogen and oxygen atoms in total. The molecular formula is C24H18FeO4. The third-order valence-corrected chi connectivity index (χ3v) is 4.27. The second-order valence-electron chi connectivity index (χ2n) is 6.02. The summed E-state index contributed by atoms with van der Waals surface area (Å²) in [6.45, 7) is 0. The van der Waals surface area contributed by atoms with Crippen LogP contribution in [0.25, 0.3) is 22.3 Å². The SMILES string of the molecule is O=C(O)c1ccccc1-c1ccc[c-]1-c1ccccc1C(=O)O.[Fe+2].c1cc[cH-]c1. The number of benzene rings is 2. The number of hydrogen-bond donors (Lipinski definition) is 2. The van der Waals surface area contributed by atoms with Crippen molar-refractivity contribution >= 4 is 11.9 Å². The first-order valence-corrected chi connectivity index (χ1v) is 8.67. The monoisotopic (exact) mass is 426 g/mol. The normalized spacial score (nSPS) is 9.66. The molecule has 0 amide bonds. The zero-order valence-electron chi connectivity index (χ0n) is 15.3. The number of rotatable bonds is 4. The zero-order chi connectivity index (χ0) is 19.9. The van der Waals surface area contributed by atoms with Gasteiger partial charge in [0.05, 0.1) is 0 Å². The summed E-state index contributed by atoms with van der Waals surface area (Å²) in [5.41, 5.74) is 2.93. The average Bonchev–Trinajstić information content (AvgIpc) is 3.42. The van der Waals surface area contributed by atoms with Crippen LogP contribution in [0.4, 0.5) is 0 Å². The van der Waals surface area contributed by atoms with Gasteiger partial charge in [0, 0.05) is 11.1 Å². The van der Waals surface area contributed by atoms with Gasteiger partial charge < -0.3 is 10.2 Å². The molecule has 0 aromatic heterocycles. The Morgan fingerprint density at radius 2 is 1.31 bits per heavy atom. The van der Waals surface area contributed by atoms with E-state index in [1.807, 2.05) is 30.3 Å². The van der Waals surface area contributed by atoms with Crippen LogP contribution in [0.15, 0.2) is 97.1 Å². The van der Waals surface area contributed by atoms with Crippen LogP contribution in [0.1, 0.15) is 20.7 Å². The van der Waals surface area contributed by atoms with Gasteiger partial charge in [0.2, 0.25) is 0 Å². The van der Waals surface area contributed by atoms with E-state index in [2.05, 4.69) is 0 Å². The maximum absolute atomic E-state index is 11.4. The van der Waals surface area contributed by atoms with E-state index >= 15 is 0 Å². The third-order valence-electron chi connectivity index (χ3n) is 4.27. The molecule has 146 valence electrons. The van der Waals surface area contributed by atoms with Crippen LogP contribution in [-0.4, -0.2) is 22.2 Å². The van der Waals surface area contributed by atoms with E-state index in [1.165, 1.54) is 12.1 Å². The van der Waals surface area contributed by atoms with E-state index in [9.17, 15) is 19.8 Å². The molecule has 0 heterocycles. The van der Waals surface area contributed by atoms with Crippen LogP contribution in [0.2, 0.25) is 0 Å². The molecule has 0 atom stereocenters. The Kier molecular flexibility index (Phi) is 7.72. The van der Waals surface area contributed by atoms with E-state index < -0.39 is 11.9 Å². The second-order valence-corrected chi connectivity index (χ2v) is 6.02. The number of carboxylic acid groups (broad SMARTS) is 2. The quantitative estimate of drug-likeness (QED) is 0.332. The molecule has 0 aliphatic rings. The van der Waals surface area contributed by atoms with Crippen LogP contribution in [0.3, 0.4) is 0 Å². The van der Waals surface area contributed by atoms with E-state index in [1.54, 1.807) is 54.6 Å². The first-order chi connectivity index (χ1) is 13.6. The number of carbonyl (C=O) groups is 2. The fourth-order valence-corrected chi connectivity index (χ4v) is 3.02. The average molecular weight is 426 g/mol. The van der Waals surface area contributed by atoms with Crippen LogP contribution in [-0.2, 0) is 17.1 Å². The molecule has 0 aliphatic carbocycles. The maximum Gasteiger partial charge on any atom is 2.00 e. The minimum absolute atomic E-state index is 0. The van der Waals surface area contributed by atoms with Gasteiger partial charge in [0.1, 0.15) is 0 Å². The predicted molar refractivity (Wildman–Crippen MR) is 109 cm³/mol. The van der Waals surface area contributed by atoms with Crippen molar-refractivity contribution in [2.45, 2.75) is 0 Å². The predicted octanol–water partition coefficient (Wildman–Crippen LogP) is 5.54. The summed E-state index contributed by atoms with van der Waals surface area (Å²) < 4.78 is 0. The van der Waals surface area contributed by atoms with E-state index in [4.69, 9.17) is 0 Å². The maximum atomic E-state index is 11.4. The van der Waals surface area contributed by atoms with Crippen molar-refractivity contribution in [3.8, 4) is 22.3 Å². The van der Waals surface area contributed by atoms with Gasteiger partial charge in [0.25, 0.3) is 0 Å². The van der Waals surface area contributed by atoms with Crippen molar-refractivity contribution in [3.63, 3.8) is 0 Å². The Labute approximate surface area is 179 Å². The molecule has 4 rings (SSSR count). The van der Waals surface area contributed by atoms with Crippen molar-refractivity contribution in [1.82, 2.24) is 0 Å². The summed E-state index contributed by atoms with van der Waals surface area (Å²) in [6.07, 6.45) is 0. The smallest absolute Gasteiger partial charge is 0.482 e. The first-order valence-electron chi connectivity index (χ1n) is 8.67. The fraction of sp³-hybridized carbons (Fsp3) is 0. The van der Waals surface area contributed by atoms with Crippen LogP contribution in [0.5, 0.6) is 0 Å². The Morgan fingerprint density at radius 3 is 1.90 bits per heavy atom. The minimum Gasteiger partial charge on any atom is -0.482 e. The minimum atomic E-state index is -1.01. The molecule has 5 heteroatoms. The molecule has 0 radical (unpaired) electrons. The molecular weight excluding hydrogens is 408 g/mol. The Bertz CT molecular complexity index is 989. The second kappa shape index (κ2) is 10.2. The van der Waals surface area contributed by atoms with Crippen LogP contribution in [0, 0.1) is 0 Å². The topological polar surface area (TPSA) is 74.6 Å². The first kappa shape index (κ1) is 21.9. The molecule has 4 aromatic rings. The molecule has 0 spiro atoms. The molecule has 0 fully saturated rings. The van der Waals surface area contributed by atoms with Crippen molar-refractivity contribution in [3.05, 3.63) is 108 Å². The molecule has 0 saturated heterocycles. The van der Waals surface area contributed by atoms with E-state index in [0.717, 1.165) is 0 Å². The standard InChI is InChI=1S/C19H13O4.C5H5.Fe/c20-18(21)16-8-3-1-6-14(16)12-10-5-11-13(12)15-7-2-4-9-17(15)19(22)23;1-2-4-5-3-1;/h1-11H,(H,20,21)(H,22,23);1-5H;/q2*-1;+2. The molecule has 0 aliphatic heterocycles. The number of hydrogen-bond acceptors (Lipinski definition) is 2. The fourth-order valence-electron chi connectivity index (χ4n) is 3.02. The summed E-state index contributed by atoms with van der Waals surface area (Å²) >= 11 is 0. The number of carboxylic acids is 2. The van der Waals surface area contributed by atoms with Gasteiger partial charge in [-0.2, -0.15) is 18.2 Å². The zero-order valence-corrected chi connectivity index (χ0v) is 16.4. The summed E-state index contributed by atoms with van der Waals surface area (Å²) in [4.78, 5) is 22.9. The van der Waals surface area contributed by atoms with Gasteiger partial charge in [-0.25, -0.2) is 16.9 Å². The van der Waals surface area contributed by atoms with Gasteiger partial charge in [-0.3, -0.25) is 4.79 Å². The molecule has 0 unspecified atom stereocenters.